The Bertz CT molecular complexity index is 1400. The van der Waals surface area contributed by atoms with Gasteiger partial charge in [-0.2, -0.15) is 10.4 Å². The number of benzene rings is 3. The minimum Gasteiger partial charge on any atom is -0.493 e. The van der Waals surface area contributed by atoms with E-state index in [-0.39, 0.29) is 5.57 Å². The lowest BCUT2D eigenvalue weighted by atomic mass is 10.0. The number of amides is 1. The highest BCUT2D eigenvalue weighted by Crippen LogP contribution is 2.33. The maximum absolute atomic E-state index is 12.8. The molecule has 0 fully saturated rings. The van der Waals surface area contributed by atoms with Crippen LogP contribution in [0, 0.1) is 11.3 Å². The number of nitrogens with one attached hydrogen (secondary N) is 1. The highest BCUT2D eigenvalue weighted by Gasteiger charge is 2.16. The van der Waals surface area contributed by atoms with E-state index >= 15 is 0 Å². The maximum atomic E-state index is 12.8. The van der Waals surface area contributed by atoms with Crippen LogP contribution in [-0.2, 0) is 17.9 Å². The Balaban J connectivity index is 1.69. The molecule has 0 spiro atoms. The second-order valence-electron chi connectivity index (χ2n) is 8.02. The Morgan fingerprint density at radius 2 is 1.64 bits per heavy atom. The predicted molar refractivity (Wildman–Crippen MR) is 138 cm³/mol. The van der Waals surface area contributed by atoms with Crippen LogP contribution in [0.15, 0.2) is 90.6 Å². The molecule has 0 atom stereocenters. The molecule has 0 unspecified atom stereocenters. The molecule has 36 heavy (non-hydrogen) atoms. The molecule has 4 aromatic rings. The van der Waals surface area contributed by atoms with Gasteiger partial charge < -0.3 is 14.8 Å². The van der Waals surface area contributed by atoms with E-state index in [4.69, 9.17) is 14.6 Å². The largest absolute Gasteiger partial charge is 0.493 e. The van der Waals surface area contributed by atoms with Gasteiger partial charge in [0.15, 0.2) is 11.5 Å². The molecule has 1 amide bonds. The van der Waals surface area contributed by atoms with Gasteiger partial charge in [-0.05, 0) is 35.4 Å². The first kappa shape index (κ1) is 24.3. The third-order valence-corrected chi connectivity index (χ3v) is 5.60. The van der Waals surface area contributed by atoms with Crippen molar-refractivity contribution in [1.82, 2.24) is 15.1 Å². The average Bonchev–Trinajstić information content (AvgIpc) is 3.32. The lowest BCUT2D eigenvalue weighted by Crippen LogP contribution is -2.23. The molecule has 1 heterocycles. The number of carbonyl (C=O) groups excluding carboxylic acids is 1. The smallest absolute Gasteiger partial charge is 0.262 e. The number of hydrogen-bond donors (Lipinski definition) is 1. The van der Waals surface area contributed by atoms with Crippen molar-refractivity contribution in [2.75, 3.05) is 14.2 Å². The lowest BCUT2D eigenvalue weighted by Gasteiger charge is -2.09. The van der Waals surface area contributed by atoms with Gasteiger partial charge in [0.2, 0.25) is 0 Å². The third-order valence-electron chi connectivity index (χ3n) is 5.60. The summed E-state index contributed by atoms with van der Waals surface area (Å²) in [5.74, 6) is 0.708. The summed E-state index contributed by atoms with van der Waals surface area (Å²) >= 11 is 0. The summed E-state index contributed by atoms with van der Waals surface area (Å²) in [5, 5.41) is 17.4. The third kappa shape index (κ3) is 5.80. The molecule has 0 radical (unpaired) electrons. The van der Waals surface area contributed by atoms with Gasteiger partial charge in [0.1, 0.15) is 11.6 Å². The highest BCUT2D eigenvalue weighted by molar-refractivity contribution is 6.02. The molecule has 1 aromatic heterocycles. The number of hydrogen-bond acceptors (Lipinski definition) is 5. The number of aromatic nitrogens is 2. The van der Waals surface area contributed by atoms with Crippen LogP contribution >= 0.6 is 0 Å². The van der Waals surface area contributed by atoms with E-state index in [0.29, 0.717) is 35.8 Å². The summed E-state index contributed by atoms with van der Waals surface area (Å²) in [4.78, 5) is 12.8. The van der Waals surface area contributed by atoms with Crippen molar-refractivity contribution in [3.8, 4) is 28.8 Å². The van der Waals surface area contributed by atoms with Crippen LogP contribution < -0.4 is 14.8 Å². The molecule has 7 heteroatoms. The van der Waals surface area contributed by atoms with Gasteiger partial charge in [-0.15, -0.1) is 0 Å². The Morgan fingerprint density at radius 3 is 2.28 bits per heavy atom. The van der Waals surface area contributed by atoms with E-state index in [1.165, 1.54) is 0 Å². The summed E-state index contributed by atoms with van der Waals surface area (Å²) < 4.78 is 12.6. The van der Waals surface area contributed by atoms with E-state index in [1.54, 1.807) is 31.0 Å². The van der Waals surface area contributed by atoms with Crippen molar-refractivity contribution >= 4 is 12.0 Å². The zero-order valence-electron chi connectivity index (χ0n) is 20.1. The summed E-state index contributed by atoms with van der Waals surface area (Å²) in [6, 6.07) is 27.0. The van der Waals surface area contributed by atoms with E-state index in [1.807, 2.05) is 85.1 Å². The summed E-state index contributed by atoms with van der Waals surface area (Å²) in [5.41, 5.74) is 4.06. The fourth-order valence-corrected chi connectivity index (χ4v) is 3.78. The minimum absolute atomic E-state index is 0.00748. The van der Waals surface area contributed by atoms with Crippen molar-refractivity contribution in [2.45, 2.75) is 13.1 Å². The van der Waals surface area contributed by atoms with Crippen molar-refractivity contribution in [3.63, 3.8) is 0 Å². The second kappa shape index (κ2) is 11.5. The van der Waals surface area contributed by atoms with Crippen LogP contribution in [0.25, 0.3) is 17.3 Å². The lowest BCUT2D eigenvalue weighted by molar-refractivity contribution is -0.117. The first-order valence-corrected chi connectivity index (χ1v) is 11.4. The Labute approximate surface area is 210 Å². The van der Waals surface area contributed by atoms with E-state index < -0.39 is 5.91 Å². The fraction of sp³-hybridized carbons (Fsp3) is 0.138. The van der Waals surface area contributed by atoms with Crippen LogP contribution in [0.5, 0.6) is 11.5 Å². The molecule has 0 saturated carbocycles. The van der Waals surface area contributed by atoms with Crippen LogP contribution in [0.4, 0.5) is 0 Å². The number of ether oxygens (including phenoxy) is 2. The van der Waals surface area contributed by atoms with Crippen LogP contribution in [0.3, 0.4) is 0 Å². The first-order valence-electron chi connectivity index (χ1n) is 11.4. The molecular weight excluding hydrogens is 452 g/mol. The summed E-state index contributed by atoms with van der Waals surface area (Å²) in [7, 11) is 3.15. The number of carbonyl (C=O) groups is 1. The maximum Gasteiger partial charge on any atom is 0.262 e. The summed E-state index contributed by atoms with van der Waals surface area (Å²) in [6.45, 7) is 0.867. The number of methoxy groups -OCH3 is 2. The van der Waals surface area contributed by atoms with Gasteiger partial charge >= 0.3 is 0 Å². The van der Waals surface area contributed by atoms with E-state index in [9.17, 15) is 10.1 Å². The fourth-order valence-electron chi connectivity index (χ4n) is 3.78. The van der Waals surface area contributed by atoms with Crippen LogP contribution in [0.2, 0.25) is 0 Å². The Morgan fingerprint density at radius 1 is 0.972 bits per heavy atom. The number of nitriles is 1. The quantitative estimate of drug-likeness (QED) is 0.275. The van der Waals surface area contributed by atoms with Gasteiger partial charge in [-0.25, -0.2) is 0 Å². The first-order chi connectivity index (χ1) is 17.6. The van der Waals surface area contributed by atoms with E-state index in [0.717, 1.165) is 16.7 Å². The van der Waals surface area contributed by atoms with Crippen molar-refractivity contribution in [2.24, 2.45) is 0 Å². The molecular formula is C29H26N4O3. The van der Waals surface area contributed by atoms with Crippen molar-refractivity contribution in [3.05, 3.63) is 107 Å². The second-order valence-corrected chi connectivity index (χ2v) is 8.02. The average molecular weight is 479 g/mol. The van der Waals surface area contributed by atoms with Crippen molar-refractivity contribution in [1.29, 1.82) is 5.26 Å². The van der Waals surface area contributed by atoms with Crippen LogP contribution in [-0.4, -0.2) is 29.9 Å². The predicted octanol–water partition coefficient (Wildman–Crippen LogP) is 4.84. The van der Waals surface area contributed by atoms with Gasteiger partial charge in [0.05, 0.1) is 26.5 Å². The topological polar surface area (TPSA) is 89.2 Å². The Kier molecular flexibility index (Phi) is 7.79. The normalized spacial score (nSPS) is 11.0. The minimum atomic E-state index is -0.449. The van der Waals surface area contributed by atoms with Gasteiger partial charge in [0.25, 0.3) is 5.91 Å². The molecule has 4 rings (SSSR count). The molecule has 0 saturated heterocycles. The molecule has 0 aliphatic rings. The molecule has 180 valence electrons. The molecule has 3 aromatic carbocycles. The van der Waals surface area contributed by atoms with Gasteiger partial charge in [-0.1, -0.05) is 60.7 Å². The molecule has 0 bridgehead atoms. The molecule has 0 aliphatic carbocycles. The zero-order valence-corrected chi connectivity index (χ0v) is 20.1. The van der Waals surface area contributed by atoms with Crippen LogP contribution in [0.1, 0.15) is 16.7 Å². The summed E-state index contributed by atoms with van der Waals surface area (Å²) in [6.07, 6.45) is 3.40. The monoisotopic (exact) mass is 478 g/mol. The zero-order chi connectivity index (χ0) is 25.3. The highest BCUT2D eigenvalue weighted by atomic mass is 16.5. The Hall–Kier alpha value is -4.83. The van der Waals surface area contributed by atoms with Crippen molar-refractivity contribution < 1.29 is 14.3 Å². The standard InChI is InChI=1S/C29H26N4O3/c1-35-26-14-13-23(16-27(26)36-2)28-25(20-33(32-28)19-22-11-7-4-8-12-22)15-24(17-30)29(34)31-18-21-9-5-3-6-10-21/h3-16,20H,18-19H2,1-2H3,(H,31,34). The molecule has 7 nitrogen and oxygen atoms in total. The SMILES string of the molecule is COc1ccc(-c2nn(Cc3ccccc3)cc2C=C(C#N)C(=O)NCc2ccccc2)cc1OC. The molecule has 0 aliphatic heterocycles. The number of nitrogens with zero attached hydrogens (tertiary/aromatic N) is 3. The molecule has 1 N–H and O–H groups in total. The van der Waals surface area contributed by atoms with Gasteiger partial charge in [0, 0.05) is 23.9 Å². The van der Waals surface area contributed by atoms with Gasteiger partial charge in [-0.3, -0.25) is 9.48 Å². The number of rotatable bonds is 9. The van der Waals surface area contributed by atoms with E-state index in [2.05, 4.69) is 5.32 Å².